The zero-order valence-electron chi connectivity index (χ0n) is 10.3. The zero-order chi connectivity index (χ0) is 13.5. The molecule has 0 aromatic carbocycles. The van der Waals surface area contributed by atoms with Gasteiger partial charge in [0.05, 0.1) is 0 Å². The highest BCUT2D eigenvalue weighted by Gasteiger charge is 2.25. The van der Waals surface area contributed by atoms with E-state index in [0.29, 0.717) is 24.6 Å². The molecule has 1 unspecified atom stereocenters. The second-order valence-corrected chi connectivity index (χ2v) is 5.65. The third kappa shape index (κ3) is 4.61. The van der Waals surface area contributed by atoms with E-state index in [4.69, 9.17) is 9.84 Å². The molecule has 0 aromatic rings. The van der Waals surface area contributed by atoms with Gasteiger partial charge in [-0.3, -0.25) is 4.21 Å². The maximum Gasteiger partial charge on any atom is 0.326 e. The van der Waals surface area contributed by atoms with E-state index in [0.717, 1.165) is 0 Å². The highest BCUT2D eigenvalue weighted by atomic mass is 32.2. The van der Waals surface area contributed by atoms with Crippen LogP contribution in [-0.2, 0) is 20.3 Å². The quantitative estimate of drug-likeness (QED) is 0.690. The number of aliphatic carboxylic acids is 1. The predicted octanol–water partition coefficient (Wildman–Crippen LogP) is -0.750. The van der Waals surface area contributed by atoms with Crippen LogP contribution in [0.5, 0.6) is 0 Å². The van der Waals surface area contributed by atoms with Gasteiger partial charge in [0, 0.05) is 55.5 Å². The number of nitrogens with zero attached hydrogens (tertiary/aromatic N) is 1. The van der Waals surface area contributed by atoms with Crippen LogP contribution in [0.1, 0.15) is 6.42 Å². The zero-order valence-corrected chi connectivity index (χ0v) is 11.1. The van der Waals surface area contributed by atoms with Gasteiger partial charge in [-0.05, 0) is 0 Å². The molecular formula is C10H18N2O5S. The predicted molar refractivity (Wildman–Crippen MR) is 65.9 cm³/mol. The van der Waals surface area contributed by atoms with Crippen LogP contribution in [0.4, 0.5) is 4.79 Å². The molecule has 0 bridgehead atoms. The van der Waals surface area contributed by atoms with Gasteiger partial charge < -0.3 is 20.1 Å². The number of hydrogen-bond acceptors (Lipinski definition) is 4. The normalized spacial score (nSPS) is 18.4. The maximum atomic E-state index is 11.8. The first kappa shape index (κ1) is 14.9. The number of carbonyl (C=O) groups excluding carboxylic acids is 1. The van der Waals surface area contributed by atoms with Gasteiger partial charge in [-0.1, -0.05) is 0 Å². The summed E-state index contributed by atoms with van der Waals surface area (Å²) >= 11 is 0. The fraction of sp³-hybridized carbons (Fsp3) is 0.800. The molecule has 0 aromatic heterocycles. The molecule has 1 rings (SSSR count). The lowest BCUT2D eigenvalue weighted by Gasteiger charge is -2.27. The Morgan fingerprint density at radius 1 is 1.44 bits per heavy atom. The van der Waals surface area contributed by atoms with Gasteiger partial charge in [0.2, 0.25) is 0 Å². The van der Waals surface area contributed by atoms with E-state index in [9.17, 15) is 13.8 Å². The van der Waals surface area contributed by atoms with Gasteiger partial charge >= 0.3 is 12.0 Å². The minimum Gasteiger partial charge on any atom is -0.480 e. The Balaban J connectivity index is 2.45. The number of ether oxygens (including phenoxy) is 1. The van der Waals surface area contributed by atoms with Crippen LogP contribution >= 0.6 is 0 Å². The van der Waals surface area contributed by atoms with Crippen LogP contribution in [0.15, 0.2) is 0 Å². The Morgan fingerprint density at radius 3 is 2.56 bits per heavy atom. The van der Waals surface area contributed by atoms with E-state index in [1.54, 1.807) is 0 Å². The summed E-state index contributed by atoms with van der Waals surface area (Å²) in [4.78, 5) is 24.2. The first-order valence-electron chi connectivity index (χ1n) is 5.66. The fourth-order valence-corrected chi connectivity index (χ4v) is 2.63. The molecular weight excluding hydrogens is 260 g/mol. The summed E-state index contributed by atoms with van der Waals surface area (Å²) in [5, 5.41) is 11.4. The Labute approximate surface area is 108 Å². The summed E-state index contributed by atoms with van der Waals surface area (Å²) in [7, 11) is 0.611. The highest BCUT2D eigenvalue weighted by molar-refractivity contribution is 7.85. The molecule has 18 heavy (non-hydrogen) atoms. The van der Waals surface area contributed by atoms with Crippen molar-refractivity contribution in [1.82, 2.24) is 10.2 Å². The third-order valence-electron chi connectivity index (χ3n) is 2.67. The number of nitrogens with one attached hydrogen (secondary N) is 1. The van der Waals surface area contributed by atoms with E-state index in [-0.39, 0.29) is 13.0 Å². The van der Waals surface area contributed by atoms with Crippen LogP contribution < -0.4 is 5.32 Å². The average molecular weight is 278 g/mol. The van der Waals surface area contributed by atoms with Crippen molar-refractivity contribution in [2.24, 2.45) is 0 Å². The number of methoxy groups -OCH3 is 1. The molecule has 1 atom stereocenters. The molecule has 0 radical (unpaired) electrons. The van der Waals surface area contributed by atoms with Crippen molar-refractivity contribution in [2.75, 3.05) is 38.3 Å². The standard InChI is InChI=1S/C10H18N2O5S/c1-17-5-2-8(9(13)14)11-10(15)12-3-6-18(16)7-4-12/h8H,2-7H2,1H3,(H,11,15)(H,13,14). The minimum absolute atomic E-state index is 0.220. The van der Waals surface area contributed by atoms with Crippen molar-refractivity contribution in [2.45, 2.75) is 12.5 Å². The van der Waals surface area contributed by atoms with Crippen LogP contribution in [0.25, 0.3) is 0 Å². The van der Waals surface area contributed by atoms with Gasteiger partial charge in [-0.2, -0.15) is 0 Å². The molecule has 104 valence electrons. The first-order valence-corrected chi connectivity index (χ1v) is 7.15. The molecule has 0 aliphatic carbocycles. The summed E-state index contributed by atoms with van der Waals surface area (Å²) in [6.45, 7) is 1.06. The van der Waals surface area contributed by atoms with Crippen molar-refractivity contribution in [1.29, 1.82) is 0 Å². The maximum absolute atomic E-state index is 11.8. The molecule has 0 spiro atoms. The molecule has 2 amide bonds. The summed E-state index contributed by atoms with van der Waals surface area (Å²) in [6.07, 6.45) is 0.220. The number of carboxylic acids is 1. The van der Waals surface area contributed by atoms with Crippen LogP contribution in [0.3, 0.4) is 0 Å². The number of carboxylic acid groups (broad SMARTS) is 1. The minimum atomic E-state index is -1.08. The summed E-state index contributed by atoms with van der Waals surface area (Å²) in [5.41, 5.74) is 0. The molecule has 7 nitrogen and oxygen atoms in total. The lowest BCUT2D eigenvalue weighted by atomic mass is 10.2. The van der Waals surface area contributed by atoms with Crippen molar-refractivity contribution in [3.63, 3.8) is 0 Å². The monoisotopic (exact) mass is 278 g/mol. The Hall–Kier alpha value is -1.15. The van der Waals surface area contributed by atoms with E-state index in [1.165, 1.54) is 12.0 Å². The van der Waals surface area contributed by atoms with Gasteiger partial charge in [0.1, 0.15) is 6.04 Å². The van der Waals surface area contributed by atoms with E-state index in [2.05, 4.69) is 5.32 Å². The summed E-state index contributed by atoms with van der Waals surface area (Å²) in [5.74, 6) is -0.187. The van der Waals surface area contributed by atoms with Gasteiger partial charge in [0.25, 0.3) is 0 Å². The Kier molecular flexibility index (Phi) is 6.06. The van der Waals surface area contributed by atoms with Crippen molar-refractivity contribution < 1.29 is 23.6 Å². The lowest BCUT2D eigenvalue weighted by molar-refractivity contribution is -0.139. The molecule has 1 fully saturated rings. The lowest BCUT2D eigenvalue weighted by Crippen LogP contribution is -2.51. The second-order valence-electron chi connectivity index (χ2n) is 3.96. The average Bonchev–Trinajstić information content (AvgIpc) is 2.34. The van der Waals surface area contributed by atoms with Gasteiger partial charge in [0.15, 0.2) is 0 Å². The summed E-state index contributed by atoms with van der Waals surface area (Å²) < 4.78 is 15.9. The highest BCUT2D eigenvalue weighted by Crippen LogP contribution is 2.02. The fourth-order valence-electron chi connectivity index (χ4n) is 1.57. The Morgan fingerprint density at radius 2 is 2.06 bits per heavy atom. The van der Waals surface area contributed by atoms with Crippen molar-refractivity contribution in [3.8, 4) is 0 Å². The molecule has 1 heterocycles. The van der Waals surface area contributed by atoms with Crippen LogP contribution in [0.2, 0.25) is 0 Å². The largest absolute Gasteiger partial charge is 0.480 e. The topological polar surface area (TPSA) is 95.9 Å². The van der Waals surface area contributed by atoms with E-state index < -0.39 is 28.8 Å². The molecule has 1 aliphatic heterocycles. The number of hydrogen-bond donors (Lipinski definition) is 2. The molecule has 8 heteroatoms. The molecule has 2 N–H and O–H groups in total. The van der Waals surface area contributed by atoms with Crippen LogP contribution in [0, 0.1) is 0 Å². The number of amides is 2. The Bertz CT molecular complexity index is 326. The summed E-state index contributed by atoms with van der Waals surface area (Å²) in [6, 6.07) is -1.37. The number of carbonyl (C=O) groups is 2. The van der Waals surface area contributed by atoms with E-state index in [1.807, 2.05) is 0 Å². The first-order chi connectivity index (χ1) is 8.54. The smallest absolute Gasteiger partial charge is 0.326 e. The van der Waals surface area contributed by atoms with Gasteiger partial charge in [-0.15, -0.1) is 0 Å². The third-order valence-corrected chi connectivity index (χ3v) is 3.95. The van der Waals surface area contributed by atoms with Crippen molar-refractivity contribution in [3.05, 3.63) is 0 Å². The molecule has 0 saturated carbocycles. The molecule has 1 aliphatic rings. The van der Waals surface area contributed by atoms with Crippen LogP contribution in [-0.4, -0.2) is 70.6 Å². The number of urea groups is 1. The number of rotatable bonds is 5. The SMILES string of the molecule is COCCC(NC(=O)N1CCS(=O)CC1)C(=O)O. The second kappa shape index (κ2) is 7.32. The van der Waals surface area contributed by atoms with Crippen molar-refractivity contribution >= 4 is 22.8 Å². The van der Waals surface area contributed by atoms with E-state index >= 15 is 0 Å². The molecule has 1 saturated heterocycles. The van der Waals surface area contributed by atoms with Gasteiger partial charge in [-0.25, -0.2) is 9.59 Å².